The molecule has 3 aromatic rings. The lowest BCUT2D eigenvalue weighted by molar-refractivity contribution is -0.136. The average molecular weight is 481 g/mol. The summed E-state index contributed by atoms with van der Waals surface area (Å²) < 4.78 is 52.3. The molecule has 1 atom stereocenters. The second kappa shape index (κ2) is 8.93. The van der Waals surface area contributed by atoms with Crippen molar-refractivity contribution in [2.75, 3.05) is 6.61 Å². The topological polar surface area (TPSA) is 77.8 Å². The minimum atomic E-state index is -4.64. The Bertz CT molecular complexity index is 1240. The standard InChI is InChI=1S/C22H20ClF3N4O3/c1-3-32-17-8-14-6-12(2)33-18(14)7-13(17)4-5-20(31)27-10-19-28-29-21-16(22(24,25)26)9-15(23)11-30(19)21/h4-5,7-9,11-12H,3,6,10H2,1-2H3,(H,27,31)/b5-4+. The van der Waals surface area contributed by atoms with Crippen molar-refractivity contribution < 1.29 is 27.4 Å². The Hall–Kier alpha value is -3.27. The average Bonchev–Trinajstić information content (AvgIpc) is 3.31. The summed E-state index contributed by atoms with van der Waals surface area (Å²) in [4.78, 5) is 12.4. The van der Waals surface area contributed by atoms with E-state index in [9.17, 15) is 18.0 Å². The van der Waals surface area contributed by atoms with Crippen molar-refractivity contribution in [3.05, 3.63) is 58.0 Å². The maximum absolute atomic E-state index is 13.2. The molecule has 0 radical (unpaired) electrons. The number of hydrogen-bond donors (Lipinski definition) is 1. The van der Waals surface area contributed by atoms with Gasteiger partial charge in [-0.15, -0.1) is 10.2 Å². The molecule has 0 fully saturated rings. The fourth-order valence-corrected chi connectivity index (χ4v) is 3.80. The summed E-state index contributed by atoms with van der Waals surface area (Å²) in [5.74, 6) is 1.02. The second-order valence-electron chi connectivity index (χ2n) is 7.49. The molecule has 33 heavy (non-hydrogen) atoms. The number of hydrogen-bond acceptors (Lipinski definition) is 5. The Balaban J connectivity index is 1.50. The van der Waals surface area contributed by atoms with Gasteiger partial charge in [0, 0.05) is 29.8 Å². The molecular weight excluding hydrogens is 461 g/mol. The monoisotopic (exact) mass is 480 g/mol. The Morgan fingerprint density at radius 1 is 1.36 bits per heavy atom. The molecule has 2 aromatic heterocycles. The number of fused-ring (bicyclic) bond motifs is 2. The van der Waals surface area contributed by atoms with Gasteiger partial charge < -0.3 is 14.8 Å². The third-order valence-electron chi connectivity index (χ3n) is 5.01. The molecule has 7 nitrogen and oxygen atoms in total. The molecule has 174 valence electrons. The molecule has 1 aliphatic heterocycles. The molecule has 1 aliphatic rings. The van der Waals surface area contributed by atoms with Crippen LogP contribution in [0.4, 0.5) is 13.2 Å². The number of pyridine rings is 1. The van der Waals surface area contributed by atoms with Gasteiger partial charge in [0.25, 0.3) is 0 Å². The zero-order valence-electron chi connectivity index (χ0n) is 17.7. The molecular formula is C22H20ClF3N4O3. The quantitative estimate of drug-likeness (QED) is 0.527. The summed E-state index contributed by atoms with van der Waals surface area (Å²) in [5.41, 5.74) is 0.328. The highest BCUT2D eigenvalue weighted by molar-refractivity contribution is 6.30. The van der Waals surface area contributed by atoms with Gasteiger partial charge in [0.05, 0.1) is 18.2 Å². The van der Waals surface area contributed by atoms with E-state index >= 15 is 0 Å². The van der Waals surface area contributed by atoms with Crippen molar-refractivity contribution in [1.29, 1.82) is 0 Å². The Morgan fingerprint density at radius 2 is 2.15 bits per heavy atom. The van der Waals surface area contributed by atoms with Crippen molar-refractivity contribution in [1.82, 2.24) is 19.9 Å². The predicted octanol–water partition coefficient (Wildman–Crippen LogP) is 4.45. The van der Waals surface area contributed by atoms with Crippen LogP contribution < -0.4 is 14.8 Å². The van der Waals surface area contributed by atoms with Crippen LogP contribution in [0.3, 0.4) is 0 Å². The largest absolute Gasteiger partial charge is 0.493 e. The lowest BCUT2D eigenvalue weighted by Gasteiger charge is -2.10. The van der Waals surface area contributed by atoms with E-state index < -0.39 is 17.6 Å². The highest BCUT2D eigenvalue weighted by Crippen LogP contribution is 2.36. The fourth-order valence-electron chi connectivity index (χ4n) is 3.59. The summed E-state index contributed by atoms with van der Waals surface area (Å²) in [6.07, 6.45) is 0.377. The molecule has 0 saturated heterocycles. The SMILES string of the molecule is CCOc1cc2c(cc1/C=C/C(=O)NCc1nnc3c(C(F)(F)F)cc(Cl)cn13)OC(C)C2. The maximum Gasteiger partial charge on any atom is 0.420 e. The third-order valence-corrected chi connectivity index (χ3v) is 5.22. The van der Waals surface area contributed by atoms with Crippen molar-refractivity contribution in [2.24, 2.45) is 0 Å². The first-order valence-electron chi connectivity index (χ1n) is 10.2. The van der Waals surface area contributed by atoms with Crippen LogP contribution in [0.5, 0.6) is 11.5 Å². The number of rotatable bonds is 6. The van der Waals surface area contributed by atoms with Gasteiger partial charge >= 0.3 is 6.18 Å². The van der Waals surface area contributed by atoms with E-state index in [0.717, 1.165) is 28.2 Å². The number of carbonyl (C=O) groups is 1. The number of alkyl halides is 3. The van der Waals surface area contributed by atoms with Crippen molar-refractivity contribution >= 4 is 29.2 Å². The van der Waals surface area contributed by atoms with E-state index in [4.69, 9.17) is 21.1 Å². The zero-order valence-corrected chi connectivity index (χ0v) is 18.5. The lowest BCUT2D eigenvalue weighted by Crippen LogP contribution is -2.21. The number of halogens is 4. The first kappa shape index (κ1) is 22.9. The Labute approximate surface area is 192 Å². The van der Waals surface area contributed by atoms with E-state index in [-0.39, 0.29) is 29.1 Å². The molecule has 1 aromatic carbocycles. The zero-order chi connectivity index (χ0) is 23.8. The molecule has 4 rings (SSSR count). The lowest BCUT2D eigenvalue weighted by atomic mass is 10.1. The van der Waals surface area contributed by atoms with Crippen LogP contribution >= 0.6 is 11.6 Å². The first-order chi connectivity index (χ1) is 15.7. The van der Waals surface area contributed by atoms with Gasteiger partial charge in [-0.25, -0.2) is 0 Å². The van der Waals surface area contributed by atoms with E-state index in [1.165, 1.54) is 12.3 Å². The van der Waals surface area contributed by atoms with Crippen LogP contribution in [0.1, 0.15) is 36.4 Å². The number of carbonyl (C=O) groups excluding carboxylic acids is 1. The number of amides is 1. The second-order valence-corrected chi connectivity index (χ2v) is 7.93. The van der Waals surface area contributed by atoms with Crippen molar-refractivity contribution in [3.63, 3.8) is 0 Å². The van der Waals surface area contributed by atoms with Gasteiger partial charge in [-0.2, -0.15) is 13.2 Å². The van der Waals surface area contributed by atoms with Crippen LogP contribution in [-0.4, -0.2) is 33.2 Å². The molecule has 1 N–H and O–H groups in total. The maximum atomic E-state index is 13.2. The van der Waals surface area contributed by atoms with Crippen molar-refractivity contribution in [3.8, 4) is 11.5 Å². The molecule has 1 unspecified atom stereocenters. The smallest absolute Gasteiger partial charge is 0.420 e. The van der Waals surface area contributed by atoms with Crippen molar-refractivity contribution in [2.45, 2.75) is 39.1 Å². The Kier molecular flexibility index (Phi) is 6.20. The molecule has 0 saturated carbocycles. The molecule has 3 heterocycles. The van der Waals surface area contributed by atoms with Gasteiger partial charge in [0.1, 0.15) is 23.2 Å². The molecule has 0 spiro atoms. The predicted molar refractivity (Wildman–Crippen MR) is 115 cm³/mol. The van der Waals surface area contributed by atoms with Crippen LogP contribution in [0.25, 0.3) is 11.7 Å². The molecule has 11 heteroatoms. The van der Waals surface area contributed by atoms with Gasteiger partial charge in [-0.3, -0.25) is 9.20 Å². The normalized spacial score (nSPS) is 15.6. The minimum absolute atomic E-state index is 0.0707. The molecule has 1 amide bonds. The highest BCUT2D eigenvalue weighted by Gasteiger charge is 2.35. The number of aromatic nitrogens is 3. The van der Waals surface area contributed by atoms with E-state index in [1.807, 2.05) is 26.0 Å². The van der Waals surface area contributed by atoms with Crippen LogP contribution in [0, 0.1) is 0 Å². The van der Waals surface area contributed by atoms with Crippen LogP contribution in [-0.2, 0) is 23.9 Å². The number of ether oxygens (including phenoxy) is 2. The number of nitrogens with one attached hydrogen (secondary N) is 1. The summed E-state index contributed by atoms with van der Waals surface area (Å²) in [7, 11) is 0. The van der Waals surface area contributed by atoms with Gasteiger partial charge in [0.2, 0.25) is 5.91 Å². The summed E-state index contributed by atoms with van der Waals surface area (Å²) >= 11 is 5.83. The minimum Gasteiger partial charge on any atom is -0.493 e. The summed E-state index contributed by atoms with van der Waals surface area (Å²) in [5, 5.41) is 9.83. The number of nitrogens with zero attached hydrogens (tertiary/aromatic N) is 3. The van der Waals surface area contributed by atoms with Gasteiger partial charge in [-0.1, -0.05) is 11.6 Å². The molecule has 0 bridgehead atoms. The Morgan fingerprint density at radius 3 is 2.88 bits per heavy atom. The number of benzene rings is 1. The van der Waals surface area contributed by atoms with E-state index in [0.29, 0.717) is 17.9 Å². The fraction of sp³-hybridized carbons (Fsp3) is 0.318. The van der Waals surface area contributed by atoms with Crippen LogP contribution in [0.15, 0.2) is 30.5 Å². The molecule has 0 aliphatic carbocycles. The van der Waals surface area contributed by atoms with Gasteiger partial charge in [-0.05, 0) is 38.1 Å². The first-order valence-corrected chi connectivity index (χ1v) is 10.6. The summed E-state index contributed by atoms with van der Waals surface area (Å²) in [6.45, 7) is 4.16. The summed E-state index contributed by atoms with van der Waals surface area (Å²) in [6, 6.07) is 4.51. The highest BCUT2D eigenvalue weighted by atomic mass is 35.5. The van der Waals surface area contributed by atoms with Crippen LogP contribution in [0.2, 0.25) is 5.02 Å². The third kappa shape index (κ3) is 4.90. The van der Waals surface area contributed by atoms with E-state index in [1.54, 1.807) is 6.08 Å². The van der Waals surface area contributed by atoms with E-state index in [2.05, 4.69) is 15.5 Å². The van der Waals surface area contributed by atoms with Gasteiger partial charge in [0.15, 0.2) is 11.5 Å².